The number of nitrogens with zero attached hydrogens (tertiary/aromatic N) is 2. The van der Waals surface area contributed by atoms with E-state index < -0.39 is 0 Å². The van der Waals surface area contributed by atoms with Gasteiger partial charge in [-0.25, -0.2) is 9.78 Å². The lowest BCUT2D eigenvalue weighted by Gasteiger charge is -2.37. The zero-order chi connectivity index (χ0) is 15.5. The predicted molar refractivity (Wildman–Crippen MR) is 87.1 cm³/mol. The maximum Gasteiger partial charge on any atom is 0.317 e. The highest BCUT2D eigenvalue weighted by Crippen LogP contribution is 2.35. The van der Waals surface area contributed by atoms with Crippen molar-refractivity contribution in [3.05, 3.63) is 16.1 Å². The van der Waals surface area contributed by atoms with Crippen LogP contribution in [0.25, 0.3) is 0 Å². The van der Waals surface area contributed by atoms with Crippen molar-refractivity contribution < 1.29 is 9.90 Å². The maximum atomic E-state index is 12.3. The van der Waals surface area contributed by atoms with E-state index in [-0.39, 0.29) is 24.2 Å². The number of amides is 2. The van der Waals surface area contributed by atoms with Crippen molar-refractivity contribution in [2.75, 3.05) is 6.54 Å². The van der Waals surface area contributed by atoms with Crippen molar-refractivity contribution in [1.29, 1.82) is 0 Å². The maximum absolute atomic E-state index is 12.3. The van der Waals surface area contributed by atoms with Crippen molar-refractivity contribution in [2.45, 2.75) is 70.1 Å². The molecular weight excluding hydrogens is 298 g/mol. The zero-order valence-corrected chi connectivity index (χ0v) is 13.9. The largest absolute Gasteiger partial charge is 0.393 e. The summed E-state index contributed by atoms with van der Waals surface area (Å²) >= 11 is 1.72. The van der Waals surface area contributed by atoms with E-state index >= 15 is 0 Å². The number of piperidine rings is 1. The van der Waals surface area contributed by atoms with Gasteiger partial charge in [0.2, 0.25) is 0 Å². The summed E-state index contributed by atoms with van der Waals surface area (Å²) in [5, 5.41) is 16.1. The Kier molecular flexibility index (Phi) is 4.98. The standard InChI is InChI=1S/C16H25N3O2S/c1-11-10-22-15(18-11)4-2-3-7-17-16(21)19-12-5-6-13(19)9-14(20)8-12/h10,12-14,20H,2-9H2,1H3,(H,17,21)/t12-,13-/m0/s1. The van der Waals surface area contributed by atoms with Gasteiger partial charge in [-0.05, 0) is 51.9 Å². The Morgan fingerprint density at radius 2 is 2.14 bits per heavy atom. The Morgan fingerprint density at radius 3 is 2.77 bits per heavy atom. The van der Waals surface area contributed by atoms with Gasteiger partial charge in [-0.15, -0.1) is 11.3 Å². The number of nitrogens with one attached hydrogen (secondary N) is 1. The molecule has 1 aromatic heterocycles. The van der Waals surface area contributed by atoms with Crippen LogP contribution in [0.3, 0.4) is 0 Å². The number of carbonyl (C=O) groups is 1. The molecule has 2 N–H and O–H groups in total. The van der Waals surface area contributed by atoms with Crippen molar-refractivity contribution in [3.63, 3.8) is 0 Å². The molecule has 2 aliphatic rings. The second kappa shape index (κ2) is 6.96. The first-order valence-corrected chi connectivity index (χ1v) is 9.16. The van der Waals surface area contributed by atoms with Gasteiger partial charge in [-0.2, -0.15) is 0 Å². The van der Waals surface area contributed by atoms with Crippen LogP contribution in [0, 0.1) is 6.92 Å². The normalized spacial score (nSPS) is 27.2. The fourth-order valence-corrected chi connectivity index (χ4v) is 4.50. The lowest BCUT2D eigenvalue weighted by Crippen LogP contribution is -2.52. The number of rotatable bonds is 5. The van der Waals surface area contributed by atoms with E-state index in [1.54, 1.807) is 11.3 Å². The molecule has 6 heteroatoms. The molecule has 0 unspecified atom stereocenters. The molecule has 2 saturated heterocycles. The summed E-state index contributed by atoms with van der Waals surface area (Å²) in [5.74, 6) is 0. The van der Waals surface area contributed by atoms with E-state index in [2.05, 4.69) is 15.7 Å². The molecule has 122 valence electrons. The fourth-order valence-electron chi connectivity index (χ4n) is 3.69. The van der Waals surface area contributed by atoms with Crippen molar-refractivity contribution in [3.8, 4) is 0 Å². The number of thiazole rings is 1. The highest BCUT2D eigenvalue weighted by Gasteiger charge is 2.42. The molecule has 0 radical (unpaired) electrons. The average Bonchev–Trinajstić information content (AvgIpc) is 3.00. The van der Waals surface area contributed by atoms with Gasteiger partial charge in [0.05, 0.1) is 11.1 Å². The van der Waals surface area contributed by atoms with Gasteiger partial charge in [0.15, 0.2) is 0 Å². The monoisotopic (exact) mass is 323 g/mol. The second-order valence-corrected chi connectivity index (χ2v) is 7.43. The molecule has 2 bridgehead atoms. The Morgan fingerprint density at radius 1 is 1.41 bits per heavy atom. The van der Waals surface area contributed by atoms with E-state index in [0.717, 1.165) is 57.2 Å². The number of aliphatic hydroxyl groups is 1. The van der Waals surface area contributed by atoms with Gasteiger partial charge in [-0.3, -0.25) is 0 Å². The summed E-state index contributed by atoms with van der Waals surface area (Å²) in [6.07, 6.45) is 6.38. The molecule has 2 aliphatic heterocycles. The third-order valence-corrected chi connectivity index (χ3v) is 5.73. The summed E-state index contributed by atoms with van der Waals surface area (Å²) in [5.41, 5.74) is 1.09. The molecule has 0 aliphatic carbocycles. The molecule has 0 spiro atoms. The van der Waals surface area contributed by atoms with Crippen molar-refractivity contribution in [1.82, 2.24) is 15.2 Å². The summed E-state index contributed by atoms with van der Waals surface area (Å²) in [6.45, 7) is 2.74. The summed E-state index contributed by atoms with van der Waals surface area (Å²) < 4.78 is 0. The van der Waals surface area contributed by atoms with Crippen LogP contribution >= 0.6 is 11.3 Å². The third kappa shape index (κ3) is 3.60. The number of hydrogen-bond acceptors (Lipinski definition) is 4. The smallest absolute Gasteiger partial charge is 0.317 e. The van der Waals surface area contributed by atoms with E-state index in [1.807, 2.05) is 11.8 Å². The molecule has 2 fully saturated rings. The van der Waals surface area contributed by atoms with Crippen LogP contribution in [0.15, 0.2) is 5.38 Å². The summed E-state index contributed by atoms with van der Waals surface area (Å²) in [4.78, 5) is 18.8. The number of aliphatic hydroxyl groups excluding tert-OH is 1. The first kappa shape index (κ1) is 15.7. The zero-order valence-electron chi connectivity index (χ0n) is 13.1. The lowest BCUT2D eigenvalue weighted by atomic mass is 10.0. The van der Waals surface area contributed by atoms with Crippen LogP contribution in [0.4, 0.5) is 4.79 Å². The Bertz CT molecular complexity index is 505. The van der Waals surface area contributed by atoms with Crippen molar-refractivity contribution >= 4 is 17.4 Å². The first-order chi connectivity index (χ1) is 10.6. The van der Waals surface area contributed by atoms with Gasteiger partial charge >= 0.3 is 6.03 Å². The number of hydrogen-bond donors (Lipinski definition) is 2. The van der Waals surface area contributed by atoms with Crippen LogP contribution < -0.4 is 5.32 Å². The lowest BCUT2D eigenvalue weighted by molar-refractivity contribution is 0.0543. The average molecular weight is 323 g/mol. The van der Waals surface area contributed by atoms with E-state index in [0.29, 0.717) is 0 Å². The van der Waals surface area contributed by atoms with Crippen LogP contribution in [-0.2, 0) is 6.42 Å². The molecule has 3 rings (SSSR count). The molecule has 2 amide bonds. The highest BCUT2D eigenvalue weighted by molar-refractivity contribution is 7.09. The Labute approximate surface area is 135 Å². The number of aromatic nitrogens is 1. The molecule has 0 saturated carbocycles. The molecule has 22 heavy (non-hydrogen) atoms. The number of aryl methyl sites for hydroxylation is 2. The molecule has 0 aromatic carbocycles. The molecule has 3 heterocycles. The fraction of sp³-hybridized carbons (Fsp3) is 0.750. The van der Waals surface area contributed by atoms with Crippen LogP contribution in [0.5, 0.6) is 0 Å². The van der Waals surface area contributed by atoms with Crippen LogP contribution in [-0.4, -0.2) is 45.8 Å². The first-order valence-electron chi connectivity index (χ1n) is 8.28. The minimum Gasteiger partial charge on any atom is -0.393 e. The van der Waals surface area contributed by atoms with Crippen LogP contribution in [0.1, 0.15) is 49.2 Å². The van der Waals surface area contributed by atoms with Crippen molar-refractivity contribution in [2.24, 2.45) is 0 Å². The molecule has 1 aromatic rings. The predicted octanol–water partition coefficient (Wildman–Crippen LogP) is 2.47. The van der Waals surface area contributed by atoms with Gasteiger partial charge < -0.3 is 15.3 Å². The SMILES string of the molecule is Cc1csc(CCCCNC(=O)N2[C@H]3CC[C@H]2CC(O)C3)n1. The summed E-state index contributed by atoms with van der Waals surface area (Å²) in [7, 11) is 0. The van der Waals surface area contributed by atoms with Gasteiger partial charge in [-0.1, -0.05) is 0 Å². The number of unbranched alkanes of at least 4 members (excludes halogenated alkanes) is 1. The highest BCUT2D eigenvalue weighted by atomic mass is 32.1. The third-order valence-electron chi connectivity index (χ3n) is 4.70. The summed E-state index contributed by atoms with van der Waals surface area (Å²) in [6, 6.07) is 0.545. The minimum atomic E-state index is -0.219. The minimum absolute atomic E-state index is 0.0597. The van der Waals surface area contributed by atoms with Gasteiger partial charge in [0.1, 0.15) is 0 Å². The second-order valence-electron chi connectivity index (χ2n) is 6.49. The molecular formula is C16H25N3O2S. The van der Waals surface area contributed by atoms with Gasteiger partial charge in [0, 0.05) is 29.7 Å². The number of carbonyl (C=O) groups excluding carboxylic acids is 1. The Hall–Kier alpha value is -1.14. The van der Waals surface area contributed by atoms with E-state index in [4.69, 9.17) is 0 Å². The van der Waals surface area contributed by atoms with E-state index in [1.165, 1.54) is 5.01 Å². The van der Waals surface area contributed by atoms with E-state index in [9.17, 15) is 9.90 Å². The van der Waals surface area contributed by atoms with Crippen LogP contribution in [0.2, 0.25) is 0 Å². The quantitative estimate of drug-likeness (QED) is 0.818. The molecule has 2 atom stereocenters. The Balaban J connectivity index is 1.36. The van der Waals surface area contributed by atoms with Gasteiger partial charge in [0.25, 0.3) is 0 Å². The number of urea groups is 1. The topological polar surface area (TPSA) is 65.5 Å². The molecule has 5 nitrogen and oxygen atoms in total. The number of fused-ring (bicyclic) bond motifs is 2.